The molecule has 2 heterocycles. The monoisotopic (exact) mass is 434 g/mol. The minimum atomic E-state index is -0.100. The number of benzene rings is 3. The number of carbonyl (C=O) groups is 1. The smallest absolute Gasteiger partial charge is 0.255 e. The Bertz CT molecular complexity index is 1130. The molecule has 1 aromatic heterocycles. The lowest BCUT2D eigenvalue weighted by atomic mass is 10.1. The summed E-state index contributed by atoms with van der Waals surface area (Å²) in [7, 11) is 0. The first-order chi connectivity index (χ1) is 14.3. The highest BCUT2D eigenvalue weighted by atomic mass is 32.2. The van der Waals surface area contributed by atoms with Crippen LogP contribution in [0.15, 0.2) is 72.8 Å². The highest BCUT2D eigenvalue weighted by Crippen LogP contribution is 2.45. The fraction of sp³-hybridized carbons (Fsp3) is 0.130. The number of rotatable bonds is 4. The van der Waals surface area contributed by atoms with E-state index in [9.17, 15) is 4.79 Å². The van der Waals surface area contributed by atoms with Crippen LogP contribution in [0.2, 0.25) is 0 Å². The van der Waals surface area contributed by atoms with Crippen molar-refractivity contribution in [2.45, 2.75) is 4.58 Å². The average molecular weight is 435 g/mol. The lowest BCUT2D eigenvalue weighted by Gasteiger charge is -2.11. The number of thioether (sulfide) groups is 2. The molecule has 3 nitrogen and oxygen atoms in total. The Kier molecular flexibility index (Phi) is 5.31. The Morgan fingerprint density at radius 1 is 0.897 bits per heavy atom. The lowest BCUT2D eigenvalue weighted by molar-refractivity contribution is 0.102. The van der Waals surface area contributed by atoms with Crippen molar-refractivity contribution in [1.29, 1.82) is 0 Å². The molecule has 1 aliphatic rings. The van der Waals surface area contributed by atoms with Gasteiger partial charge >= 0.3 is 0 Å². The Morgan fingerprint density at radius 3 is 2.41 bits per heavy atom. The van der Waals surface area contributed by atoms with Crippen LogP contribution in [0.4, 0.5) is 5.69 Å². The molecule has 6 heteroatoms. The first-order valence-electron chi connectivity index (χ1n) is 9.37. The minimum Gasteiger partial charge on any atom is -0.321 e. The van der Waals surface area contributed by atoms with Gasteiger partial charge in [-0.05, 0) is 42.0 Å². The Hall–Kier alpha value is -2.28. The first kappa shape index (κ1) is 18.7. The maximum Gasteiger partial charge on any atom is 0.255 e. The van der Waals surface area contributed by atoms with Crippen LogP contribution < -0.4 is 5.32 Å². The van der Waals surface area contributed by atoms with Crippen LogP contribution in [0.1, 0.15) is 20.5 Å². The van der Waals surface area contributed by atoms with Crippen molar-refractivity contribution in [3.63, 3.8) is 0 Å². The highest BCUT2D eigenvalue weighted by Gasteiger charge is 2.19. The second-order valence-corrected chi connectivity index (χ2v) is 10.4. The predicted octanol–water partition coefficient (Wildman–Crippen LogP) is 6.69. The molecular weight excluding hydrogens is 416 g/mol. The average Bonchev–Trinajstić information content (AvgIpc) is 3.44. The summed E-state index contributed by atoms with van der Waals surface area (Å²) in [6.07, 6.45) is 0. The van der Waals surface area contributed by atoms with Gasteiger partial charge in [-0.2, -0.15) is 0 Å². The fourth-order valence-electron chi connectivity index (χ4n) is 3.30. The number of hydrogen-bond donors (Lipinski definition) is 1. The molecule has 0 spiro atoms. The lowest BCUT2D eigenvalue weighted by Crippen LogP contribution is -2.12. The predicted molar refractivity (Wildman–Crippen MR) is 127 cm³/mol. The van der Waals surface area contributed by atoms with Gasteiger partial charge in [0.2, 0.25) is 0 Å². The molecule has 1 saturated heterocycles. The third kappa shape index (κ3) is 3.92. The summed E-state index contributed by atoms with van der Waals surface area (Å²) in [6, 6.07) is 23.9. The number of carbonyl (C=O) groups excluding carboxylic acids is 1. The van der Waals surface area contributed by atoms with Crippen LogP contribution in [0.5, 0.6) is 0 Å². The van der Waals surface area contributed by atoms with Gasteiger partial charge in [-0.25, -0.2) is 4.98 Å². The molecule has 0 unspecified atom stereocenters. The maximum atomic E-state index is 12.9. The Morgan fingerprint density at radius 2 is 1.62 bits per heavy atom. The molecule has 144 valence electrons. The van der Waals surface area contributed by atoms with Gasteiger partial charge in [0.15, 0.2) is 0 Å². The summed E-state index contributed by atoms with van der Waals surface area (Å²) in [5, 5.41) is 3.99. The summed E-state index contributed by atoms with van der Waals surface area (Å²) in [5.41, 5.74) is 4.65. The first-order valence-corrected chi connectivity index (χ1v) is 12.3. The second kappa shape index (κ2) is 8.22. The molecular formula is C23H18N2OS3. The van der Waals surface area contributed by atoms with Gasteiger partial charge in [-0.3, -0.25) is 4.79 Å². The second-order valence-electron chi connectivity index (χ2n) is 6.68. The van der Waals surface area contributed by atoms with Gasteiger partial charge in [0, 0.05) is 22.6 Å². The number of thiazole rings is 1. The highest BCUT2D eigenvalue weighted by molar-refractivity contribution is 8.19. The number of nitrogens with one attached hydrogen (secondary N) is 1. The van der Waals surface area contributed by atoms with E-state index in [1.807, 2.05) is 78.1 Å². The van der Waals surface area contributed by atoms with Gasteiger partial charge in [0.1, 0.15) is 5.01 Å². The van der Waals surface area contributed by atoms with E-state index in [1.54, 1.807) is 11.3 Å². The van der Waals surface area contributed by atoms with Crippen LogP contribution >= 0.6 is 34.9 Å². The molecule has 0 bridgehead atoms. The van der Waals surface area contributed by atoms with Crippen LogP contribution in [-0.2, 0) is 0 Å². The molecule has 0 saturated carbocycles. The van der Waals surface area contributed by atoms with Gasteiger partial charge in [-0.15, -0.1) is 34.9 Å². The summed E-state index contributed by atoms with van der Waals surface area (Å²) in [6.45, 7) is 0. The zero-order valence-electron chi connectivity index (χ0n) is 15.5. The largest absolute Gasteiger partial charge is 0.321 e. The number of amides is 1. The van der Waals surface area contributed by atoms with Gasteiger partial charge in [0.25, 0.3) is 5.91 Å². The molecule has 29 heavy (non-hydrogen) atoms. The van der Waals surface area contributed by atoms with E-state index in [4.69, 9.17) is 4.98 Å². The molecule has 1 aliphatic heterocycles. The molecule has 0 atom stereocenters. The zero-order chi connectivity index (χ0) is 19.6. The van der Waals surface area contributed by atoms with Gasteiger partial charge in [0.05, 0.1) is 20.5 Å². The van der Waals surface area contributed by atoms with Crippen molar-refractivity contribution in [3.05, 3.63) is 83.9 Å². The van der Waals surface area contributed by atoms with Crippen molar-refractivity contribution in [2.75, 3.05) is 16.8 Å². The van der Waals surface area contributed by atoms with Crippen LogP contribution in [0.25, 0.3) is 20.8 Å². The summed E-state index contributed by atoms with van der Waals surface area (Å²) >= 11 is 5.58. The summed E-state index contributed by atoms with van der Waals surface area (Å²) in [5.74, 6) is 2.29. The van der Waals surface area contributed by atoms with E-state index in [2.05, 4.69) is 23.5 Å². The molecule has 0 aliphatic carbocycles. The Labute approximate surface area is 181 Å². The third-order valence-electron chi connectivity index (χ3n) is 4.77. The normalized spacial score (nSPS) is 14.3. The topological polar surface area (TPSA) is 42.0 Å². The van der Waals surface area contributed by atoms with E-state index in [0.717, 1.165) is 26.5 Å². The van der Waals surface area contributed by atoms with Crippen molar-refractivity contribution < 1.29 is 4.79 Å². The molecule has 1 amide bonds. The summed E-state index contributed by atoms with van der Waals surface area (Å²) < 4.78 is 1.63. The minimum absolute atomic E-state index is 0.100. The molecule has 4 aromatic rings. The van der Waals surface area contributed by atoms with Crippen LogP contribution in [0.3, 0.4) is 0 Å². The fourth-order valence-corrected chi connectivity index (χ4v) is 7.17. The van der Waals surface area contributed by atoms with Crippen LogP contribution in [-0.4, -0.2) is 22.4 Å². The third-order valence-corrected chi connectivity index (χ3v) is 8.94. The van der Waals surface area contributed by atoms with Crippen molar-refractivity contribution >= 4 is 56.7 Å². The molecule has 3 aromatic carbocycles. The zero-order valence-corrected chi connectivity index (χ0v) is 17.9. The number of hydrogen-bond acceptors (Lipinski definition) is 5. The van der Waals surface area contributed by atoms with Crippen molar-refractivity contribution in [2.24, 2.45) is 0 Å². The number of aromatic nitrogens is 1. The number of para-hydroxylation sites is 2. The summed E-state index contributed by atoms with van der Waals surface area (Å²) in [4.78, 5) is 17.6. The maximum absolute atomic E-state index is 12.9. The molecule has 0 radical (unpaired) electrons. The number of fused-ring (bicyclic) bond motifs is 1. The van der Waals surface area contributed by atoms with Crippen molar-refractivity contribution in [3.8, 4) is 10.6 Å². The quantitative estimate of drug-likeness (QED) is 0.388. The van der Waals surface area contributed by atoms with Crippen LogP contribution in [0, 0.1) is 0 Å². The van der Waals surface area contributed by atoms with E-state index in [-0.39, 0.29) is 5.91 Å². The van der Waals surface area contributed by atoms with Gasteiger partial charge < -0.3 is 5.32 Å². The Balaban J connectivity index is 1.39. The van der Waals surface area contributed by atoms with Crippen molar-refractivity contribution in [1.82, 2.24) is 4.98 Å². The van der Waals surface area contributed by atoms with E-state index in [1.165, 1.54) is 17.1 Å². The van der Waals surface area contributed by atoms with E-state index >= 15 is 0 Å². The van der Waals surface area contributed by atoms with Gasteiger partial charge in [-0.1, -0.05) is 36.4 Å². The number of anilines is 1. The molecule has 5 rings (SSSR count). The van der Waals surface area contributed by atoms with E-state index in [0.29, 0.717) is 10.1 Å². The van der Waals surface area contributed by atoms with E-state index < -0.39 is 0 Å². The standard InChI is InChI=1S/C23H18N2OS3/c26-21(15-9-11-16(12-10-15)23-27-13-14-28-23)24-18-6-2-1-5-17(18)22-25-19-7-3-4-8-20(19)29-22/h1-12,23H,13-14H2,(H,24,26). The molecule has 1 fully saturated rings. The number of nitrogens with zero attached hydrogens (tertiary/aromatic N) is 1. The SMILES string of the molecule is O=C(Nc1ccccc1-c1nc2ccccc2s1)c1ccc(C2SCCS2)cc1. The molecule has 1 N–H and O–H groups in total.